The maximum Gasteiger partial charge on any atom is 0.251 e. The molecule has 0 saturated carbocycles. The molecule has 6 nitrogen and oxygen atoms in total. The molecule has 1 aromatic heterocycles. The van der Waals surface area contributed by atoms with Gasteiger partial charge in [-0.3, -0.25) is 4.79 Å². The van der Waals surface area contributed by atoms with E-state index in [1.165, 1.54) is 0 Å². The summed E-state index contributed by atoms with van der Waals surface area (Å²) in [5, 5.41) is 14.5. The molecule has 0 aliphatic heterocycles. The molecular weight excluding hydrogens is 358 g/mol. The van der Waals surface area contributed by atoms with E-state index in [9.17, 15) is 4.79 Å². The van der Waals surface area contributed by atoms with E-state index in [1.807, 2.05) is 43.3 Å². The minimum atomic E-state index is -0.176. The molecule has 0 saturated heterocycles. The second kappa shape index (κ2) is 6.70. The Morgan fingerprint density at radius 3 is 2.74 bits per heavy atom. The van der Waals surface area contributed by atoms with Gasteiger partial charge in [0.1, 0.15) is 0 Å². The Kier molecular flexibility index (Phi) is 4.47. The quantitative estimate of drug-likeness (QED) is 0.764. The van der Waals surface area contributed by atoms with E-state index in [0.717, 1.165) is 15.7 Å². The molecule has 1 N–H and O–H groups in total. The van der Waals surface area contributed by atoms with Crippen LogP contribution in [0.25, 0.3) is 5.69 Å². The van der Waals surface area contributed by atoms with Gasteiger partial charge in [-0.15, -0.1) is 5.10 Å². The van der Waals surface area contributed by atoms with Crippen LogP contribution >= 0.6 is 15.9 Å². The van der Waals surface area contributed by atoms with E-state index in [4.69, 9.17) is 0 Å². The number of aromatic nitrogens is 4. The fourth-order valence-corrected chi connectivity index (χ4v) is 2.49. The van der Waals surface area contributed by atoms with Gasteiger partial charge in [0.05, 0.1) is 12.2 Å². The van der Waals surface area contributed by atoms with Crippen molar-refractivity contribution in [2.24, 2.45) is 0 Å². The van der Waals surface area contributed by atoms with Crippen LogP contribution < -0.4 is 5.32 Å². The fraction of sp³-hybridized carbons (Fsp3) is 0.125. The van der Waals surface area contributed by atoms with Crippen molar-refractivity contribution in [1.29, 1.82) is 0 Å². The molecule has 116 valence electrons. The second-order valence-corrected chi connectivity index (χ2v) is 5.95. The highest BCUT2D eigenvalue weighted by Crippen LogP contribution is 2.12. The van der Waals surface area contributed by atoms with Crippen LogP contribution in [0.4, 0.5) is 0 Å². The average Bonchev–Trinajstić information content (AvgIpc) is 3.02. The van der Waals surface area contributed by atoms with Crippen LogP contribution in [0.5, 0.6) is 0 Å². The smallest absolute Gasteiger partial charge is 0.251 e. The predicted octanol–water partition coefficient (Wildman–Crippen LogP) is 2.66. The number of rotatable bonds is 4. The van der Waals surface area contributed by atoms with E-state index in [1.54, 1.807) is 16.8 Å². The Morgan fingerprint density at radius 2 is 2.00 bits per heavy atom. The lowest BCUT2D eigenvalue weighted by atomic mass is 10.2. The van der Waals surface area contributed by atoms with Crippen molar-refractivity contribution in [1.82, 2.24) is 25.5 Å². The first-order chi connectivity index (χ1) is 11.1. The maximum atomic E-state index is 12.2. The number of amides is 1. The molecule has 23 heavy (non-hydrogen) atoms. The third-order valence-electron chi connectivity index (χ3n) is 3.31. The molecular formula is C16H14BrN5O. The van der Waals surface area contributed by atoms with E-state index in [-0.39, 0.29) is 12.5 Å². The van der Waals surface area contributed by atoms with Gasteiger partial charge in [-0.2, -0.15) is 4.68 Å². The highest BCUT2D eigenvalue weighted by Gasteiger charge is 2.11. The summed E-state index contributed by atoms with van der Waals surface area (Å²) < 4.78 is 2.47. The molecule has 1 heterocycles. The molecule has 1 amide bonds. The number of nitrogens with one attached hydrogen (secondary N) is 1. The number of halogens is 1. The van der Waals surface area contributed by atoms with Crippen LogP contribution in [0.3, 0.4) is 0 Å². The van der Waals surface area contributed by atoms with Crippen molar-refractivity contribution in [3.05, 3.63) is 70.0 Å². The molecule has 7 heteroatoms. The summed E-state index contributed by atoms with van der Waals surface area (Å²) >= 11 is 3.35. The summed E-state index contributed by atoms with van der Waals surface area (Å²) in [6.45, 7) is 2.26. The van der Waals surface area contributed by atoms with Gasteiger partial charge in [-0.1, -0.05) is 39.7 Å². The summed E-state index contributed by atoms with van der Waals surface area (Å²) in [5.74, 6) is 0.391. The summed E-state index contributed by atoms with van der Waals surface area (Å²) in [6, 6.07) is 15.0. The van der Waals surface area contributed by atoms with E-state index < -0.39 is 0 Å². The molecule has 0 aliphatic rings. The van der Waals surface area contributed by atoms with Crippen LogP contribution in [0.1, 0.15) is 21.7 Å². The highest BCUT2D eigenvalue weighted by molar-refractivity contribution is 9.10. The number of benzene rings is 2. The van der Waals surface area contributed by atoms with E-state index in [0.29, 0.717) is 11.4 Å². The molecule has 2 aromatic carbocycles. The maximum absolute atomic E-state index is 12.2. The minimum absolute atomic E-state index is 0.176. The lowest BCUT2D eigenvalue weighted by molar-refractivity contribution is 0.0949. The molecule has 0 radical (unpaired) electrons. The van der Waals surface area contributed by atoms with Crippen LogP contribution in [0.15, 0.2) is 53.0 Å². The molecule has 3 aromatic rings. The number of aryl methyl sites for hydroxylation is 1. The number of carbonyl (C=O) groups excluding carboxylic acids is 1. The number of hydrogen-bond donors (Lipinski definition) is 1. The summed E-state index contributed by atoms with van der Waals surface area (Å²) in [4.78, 5) is 12.2. The Bertz CT molecular complexity index is 828. The third kappa shape index (κ3) is 3.62. The van der Waals surface area contributed by atoms with E-state index >= 15 is 0 Å². The number of carbonyl (C=O) groups is 1. The Labute approximate surface area is 141 Å². The van der Waals surface area contributed by atoms with Crippen molar-refractivity contribution in [3.8, 4) is 5.69 Å². The zero-order valence-electron chi connectivity index (χ0n) is 12.4. The normalized spacial score (nSPS) is 10.5. The van der Waals surface area contributed by atoms with Crippen molar-refractivity contribution in [3.63, 3.8) is 0 Å². The van der Waals surface area contributed by atoms with Gasteiger partial charge < -0.3 is 5.32 Å². The monoisotopic (exact) mass is 371 g/mol. The molecule has 0 aliphatic carbocycles. The van der Waals surface area contributed by atoms with Gasteiger partial charge in [0.25, 0.3) is 5.91 Å². The molecule has 0 fully saturated rings. The molecule has 3 rings (SSSR count). The van der Waals surface area contributed by atoms with Gasteiger partial charge >= 0.3 is 0 Å². The minimum Gasteiger partial charge on any atom is -0.345 e. The Balaban J connectivity index is 1.73. The first-order valence-corrected chi connectivity index (χ1v) is 7.81. The van der Waals surface area contributed by atoms with Crippen LogP contribution in [-0.4, -0.2) is 26.1 Å². The topological polar surface area (TPSA) is 72.7 Å². The Morgan fingerprint density at radius 1 is 1.22 bits per heavy atom. The largest absolute Gasteiger partial charge is 0.345 e. The average molecular weight is 372 g/mol. The van der Waals surface area contributed by atoms with Crippen molar-refractivity contribution >= 4 is 21.8 Å². The summed E-state index contributed by atoms with van der Waals surface area (Å²) in [7, 11) is 0. The van der Waals surface area contributed by atoms with Crippen molar-refractivity contribution < 1.29 is 4.79 Å². The molecule has 0 atom stereocenters. The van der Waals surface area contributed by atoms with Crippen LogP contribution in [0.2, 0.25) is 0 Å². The molecule has 0 bridgehead atoms. The summed E-state index contributed by atoms with van der Waals surface area (Å²) in [6.07, 6.45) is 0. The number of nitrogens with zero attached hydrogens (tertiary/aromatic N) is 4. The SMILES string of the molecule is Cc1ccc(-n2nnnc2CNC(=O)c2cccc(Br)c2)cc1. The van der Waals surface area contributed by atoms with Gasteiger partial charge in [-0.25, -0.2) is 0 Å². The molecule has 0 unspecified atom stereocenters. The van der Waals surface area contributed by atoms with E-state index in [2.05, 4.69) is 36.8 Å². The number of tetrazole rings is 1. The highest BCUT2D eigenvalue weighted by atomic mass is 79.9. The van der Waals surface area contributed by atoms with Gasteiger partial charge in [0.2, 0.25) is 0 Å². The second-order valence-electron chi connectivity index (χ2n) is 5.04. The van der Waals surface area contributed by atoms with Crippen molar-refractivity contribution in [2.45, 2.75) is 13.5 Å². The zero-order valence-corrected chi connectivity index (χ0v) is 14.0. The fourth-order valence-electron chi connectivity index (χ4n) is 2.09. The number of hydrogen-bond acceptors (Lipinski definition) is 4. The first-order valence-electron chi connectivity index (χ1n) is 7.01. The van der Waals surface area contributed by atoms with Crippen LogP contribution in [-0.2, 0) is 6.54 Å². The third-order valence-corrected chi connectivity index (χ3v) is 3.80. The standard InChI is InChI=1S/C16H14BrN5O/c1-11-5-7-14(8-6-11)22-15(19-20-21-22)10-18-16(23)12-3-2-4-13(17)9-12/h2-9H,10H2,1H3,(H,18,23). The lowest BCUT2D eigenvalue weighted by Gasteiger charge is -2.07. The van der Waals surface area contributed by atoms with Gasteiger partial charge in [0, 0.05) is 10.0 Å². The first kappa shape index (κ1) is 15.4. The molecule has 0 spiro atoms. The van der Waals surface area contributed by atoms with Crippen molar-refractivity contribution in [2.75, 3.05) is 0 Å². The zero-order chi connectivity index (χ0) is 16.2. The lowest BCUT2D eigenvalue weighted by Crippen LogP contribution is -2.24. The summed E-state index contributed by atoms with van der Waals surface area (Å²) in [5.41, 5.74) is 2.59. The predicted molar refractivity (Wildman–Crippen MR) is 89.2 cm³/mol. The Hall–Kier alpha value is -2.54. The van der Waals surface area contributed by atoms with Gasteiger partial charge in [0.15, 0.2) is 5.82 Å². The van der Waals surface area contributed by atoms with Crippen LogP contribution in [0, 0.1) is 6.92 Å². The van der Waals surface area contributed by atoms with Gasteiger partial charge in [-0.05, 0) is 47.7 Å².